The van der Waals surface area contributed by atoms with Crippen LogP contribution in [-0.4, -0.2) is 9.97 Å². The van der Waals surface area contributed by atoms with Gasteiger partial charge in [0.15, 0.2) is 0 Å². The minimum Gasteiger partial charge on any atom is -0.247 e. The summed E-state index contributed by atoms with van der Waals surface area (Å²) in [6.07, 6.45) is 18.4. The van der Waals surface area contributed by atoms with E-state index >= 15 is 0 Å². The predicted molar refractivity (Wildman–Crippen MR) is 304 cm³/mol. The summed E-state index contributed by atoms with van der Waals surface area (Å²) in [5.41, 5.74) is 30.2. The minimum absolute atomic E-state index is 0.0400. The summed E-state index contributed by atoms with van der Waals surface area (Å²) in [5, 5.41) is 2.53. The molecule has 4 aliphatic carbocycles. The zero-order valence-corrected chi connectivity index (χ0v) is 43.1. The summed E-state index contributed by atoms with van der Waals surface area (Å²) < 4.78 is 0. The molecule has 0 unspecified atom stereocenters. The molecule has 0 N–H and O–H groups in total. The van der Waals surface area contributed by atoms with E-state index in [1.807, 2.05) is 0 Å². The molecule has 2 aromatic heterocycles. The lowest BCUT2D eigenvalue weighted by molar-refractivity contribution is 0.414. The van der Waals surface area contributed by atoms with Gasteiger partial charge < -0.3 is 0 Å². The van der Waals surface area contributed by atoms with Crippen molar-refractivity contribution in [3.8, 4) is 67.0 Å². The quantitative estimate of drug-likeness (QED) is 0.109. The Morgan fingerprint density at radius 1 is 0.361 bits per heavy atom. The molecule has 0 bridgehead atoms. The van der Waals surface area contributed by atoms with Gasteiger partial charge in [0, 0.05) is 32.7 Å². The van der Waals surface area contributed by atoms with Crippen molar-refractivity contribution >= 4 is 21.8 Å². The highest BCUT2D eigenvalue weighted by Gasteiger charge is 2.44. The van der Waals surface area contributed by atoms with E-state index in [9.17, 15) is 0 Å². The van der Waals surface area contributed by atoms with Crippen LogP contribution in [0.3, 0.4) is 0 Å². The maximum absolute atomic E-state index is 5.62. The highest BCUT2D eigenvalue weighted by atomic mass is 14.7. The van der Waals surface area contributed by atoms with Crippen molar-refractivity contribution in [2.45, 2.75) is 141 Å². The Morgan fingerprint density at radius 2 is 0.736 bits per heavy atom. The van der Waals surface area contributed by atoms with Gasteiger partial charge in [0.05, 0.1) is 22.4 Å². The monoisotopic (exact) mass is 937 g/mol. The molecule has 4 aliphatic rings. The molecular weight excluding hydrogens is 869 g/mol. The first-order valence-corrected chi connectivity index (χ1v) is 28.0. The lowest BCUT2D eigenvalue weighted by Crippen LogP contribution is -2.25. The molecule has 0 amide bonds. The fourth-order valence-corrected chi connectivity index (χ4v) is 14.6. The Labute approximate surface area is 428 Å². The summed E-state index contributed by atoms with van der Waals surface area (Å²) in [7, 11) is 0. The molecular formula is C70H68N2. The lowest BCUT2D eigenvalue weighted by Gasteiger charge is -2.33. The van der Waals surface area contributed by atoms with Gasteiger partial charge in [-0.05, 0) is 177 Å². The molecule has 2 heterocycles. The van der Waals surface area contributed by atoms with Gasteiger partial charge in [-0.25, -0.2) is 9.97 Å². The smallest absolute Gasteiger partial charge is 0.0750 e. The van der Waals surface area contributed by atoms with Crippen LogP contribution in [-0.2, 0) is 36.5 Å². The molecule has 0 saturated carbocycles. The number of hydrogen-bond acceptors (Lipinski definition) is 2. The third-order valence-electron chi connectivity index (χ3n) is 18.1. The zero-order valence-electron chi connectivity index (χ0n) is 43.1. The van der Waals surface area contributed by atoms with Crippen molar-refractivity contribution in [3.05, 3.63) is 190 Å². The zero-order chi connectivity index (χ0) is 48.6. The van der Waals surface area contributed by atoms with E-state index in [-0.39, 0.29) is 10.8 Å². The molecule has 72 heavy (non-hydrogen) atoms. The summed E-state index contributed by atoms with van der Waals surface area (Å²) in [6.45, 7) is 9.41. The second-order valence-electron chi connectivity index (χ2n) is 22.0. The fourth-order valence-electron chi connectivity index (χ4n) is 14.6. The molecule has 9 aromatic rings. The van der Waals surface area contributed by atoms with Crippen LogP contribution in [0.5, 0.6) is 0 Å². The number of unbranched alkanes of at least 4 members (excludes halogenated alkanes) is 4. The fraction of sp³-hybridized carbons (Fsp3) is 0.314. The molecule has 0 spiro atoms. The minimum atomic E-state index is 0.0400. The molecule has 2 nitrogen and oxygen atoms in total. The molecule has 0 atom stereocenters. The molecule has 0 saturated heterocycles. The standard InChI is InChI=1S/C70H68N2/c1-5-9-37-69(38-10-6-2)59-25-17-13-21-49(59)51-33-31-47(43-61(51)69)65-53-23-15-19-27-63(53)71-67-55(65)35-29-45-42-58-46(41-57(45)67)30-36-56-66(54-24-16-20-28-64(54)72-68(56)58)48-32-34-52-50-22-14-18-26-60(50)70(39-11-7-3,40-12-8-4)62(52)44-48/h13-28,31-34,41-44H,5-12,29-30,35-40H2,1-4H3. The van der Waals surface area contributed by atoms with Gasteiger partial charge in [-0.1, -0.05) is 188 Å². The maximum Gasteiger partial charge on any atom is 0.0750 e. The van der Waals surface area contributed by atoms with Crippen LogP contribution in [0.4, 0.5) is 0 Å². The average Bonchev–Trinajstić information content (AvgIpc) is 3.86. The topological polar surface area (TPSA) is 25.8 Å². The number of aromatic nitrogens is 2. The Morgan fingerprint density at radius 3 is 1.15 bits per heavy atom. The van der Waals surface area contributed by atoms with Gasteiger partial charge in [-0.15, -0.1) is 0 Å². The normalized spacial score (nSPS) is 15.1. The van der Waals surface area contributed by atoms with Gasteiger partial charge in [-0.2, -0.15) is 0 Å². The van der Waals surface area contributed by atoms with Crippen LogP contribution in [0.1, 0.15) is 149 Å². The van der Waals surface area contributed by atoms with Crippen molar-refractivity contribution in [3.63, 3.8) is 0 Å². The molecule has 0 fully saturated rings. The van der Waals surface area contributed by atoms with Gasteiger partial charge in [0.1, 0.15) is 0 Å². The number of pyridine rings is 2. The van der Waals surface area contributed by atoms with Crippen molar-refractivity contribution < 1.29 is 0 Å². The number of para-hydroxylation sites is 2. The number of hydrogen-bond donors (Lipinski definition) is 0. The first kappa shape index (κ1) is 45.2. The third kappa shape index (κ3) is 6.87. The van der Waals surface area contributed by atoms with E-state index < -0.39 is 0 Å². The Bertz CT molecular complexity index is 3350. The van der Waals surface area contributed by atoms with Gasteiger partial charge in [-0.3, -0.25) is 0 Å². The number of rotatable bonds is 14. The summed E-state index contributed by atoms with van der Waals surface area (Å²) in [6, 6.07) is 56.7. The highest BCUT2D eigenvalue weighted by molar-refractivity contribution is 6.03. The van der Waals surface area contributed by atoms with Crippen LogP contribution < -0.4 is 0 Å². The molecule has 2 heteroatoms. The number of fused-ring (bicyclic) bond motifs is 14. The van der Waals surface area contributed by atoms with Crippen molar-refractivity contribution in [2.75, 3.05) is 0 Å². The number of benzene rings is 7. The molecule has 0 radical (unpaired) electrons. The lowest BCUT2D eigenvalue weighted by atomic mass is 9.70. The molecule has 358 valence electrons. The maximum atomic E-state index is 5.62. The van der Waals surface area contributed by atoms with Crippen LogP contribution in [0.15, 0.2) is 146 Å². The Balaban J connectivity index is 0.953. The predicted octanol–water partition coefficient (Wildman–Crippen LogP) is 18.9. The Kier molecular flexibility index (Phi) is 11.4. The number of aryl methyl sites for hydroxylation is 2. The van der Waals surface area contributed by atoms with Gasteiger partial charge >= 0.3 is 0 Å². The van der Waals surface area contributed by atoms with Gasteiger partial charge in [0.25, 0.3) is 0 Å². The first-order chi connectivity index (χ1) is 35.5. The van der Waals surface area contributed by atoms with E-state index in [0.29, 0.717) is 0 Å². The molecule has 7 aromatic carbocycles. The van der Waals surface area contributed by atoms with Crippen LogP contribution in [0, 0.1) is 0 Å². The highest BCUT2D eigenvalue weighted by Crippen LogP contribution is 2.58. The first-order valence-electron chi connectivity index (χ1n) is 28.0. The molecule has 0 aliphatic heterocycles. The van der Waals surface area contributed by atoms with E-state index in [4.69, 9.17) is 9.97 Å². The van der Waals surface area contributed by atoms with E-state index in [1.54, 1.807) is 22.3 Å². The number of nitrogens with zero attached hydrogens (tertiary/aromatic N) is 2. The van der Waals surface area contributed by atoms with Crippen molar-refractivity contribution in [1.29, 1.82) is 0 Å². The Hall–Kier alpha value is -6.64. The van der Waals surface area contributed by atoms with Crippen molar-refractivity contribution in [1.82, 2.24) is 9.97 Å². The second-order valence-corrected chi connectivity index (χ2v) is 22.0. The van der Waals surface area contributed by atoms with Crippen LogP contribution in [0.25, 0.3) is 88.8 Å². The largest absolute Gasteiger partial charge is 0.247 e. The van der Waals surface area contributed by atoms with Crippen LogP contribution >= 0.6 is 0 Å². The van der Waals surface area contributed by atoms with Gasteiger partial charge in [0.2, 0.25) is 0 Å². The summed E-state index contributed by atoms with van der Waals surface area (Å²) in [5.74, 6) is 0. The second kappa shape index (κ2) is 18.1. The van der Waals surface area contributed by atoms with E-state index in [2.05, 4.69) is 173 Å². The van der Waals surface area contributed by atoms with Crippen molar-refractivity contribution in [2.24, 2.45) is 0 Å². The SMILES string of the molecule is CCCCC1(CCCC)c2ccccc2-c2ccc(-c3c4c(nc5ccccc35)-c3cc5c(cc3CC4)-c3nc4ccccc4c(-c4ccc6c(c4)C(CCCC)(CCCC)c4ccccc4-6)c3CC5)cc21. The third-order valence-corrected chi connectivity index (χ3v) is 18.1. The van der Waals surface area contributed by atoms with E-state index in [0.717, 1.165) is 36.7 Å². The molecule has 13 rings (SSSR count). The summed E-state index contributed by atoms with van der Waals surface area (Å²) in [4.78, 5) is 11.2. The average molecular weight is 937 g/mol. The van der Waals surface area contributed by atoms with Crippen LogP contribution in [0.2, 0.25) is 0 Å². The van der Waals surface area contributed by atoms with E-state index in [1.165, 1.54) is 177 Å². The summed E-state index contributed by atoms with van der Waals surface area (Å²) >= 11 is 0.